The van der Waals surface area contributed by atoms with Gasteiger partial charge in [-0.3, -0.25) is 0 Å². The lowest BCUT2D eigenvalue weighted by molar-refractivity contribution is -0.143. The van der Waals surface area contributed by atoms with Crippen LogP contribution in [0, 0.1) is 0 Å². The molecule has 0 spiro atoms. The molecule has 1 aromatic carbocycles. The summed E-state index contributed by atoms with van der Waals surface area (Å²) >= 11 is 0. The van der Waals surface area contributed by atoms with Gasteiger partial charge in [-0.05, 0) is 24.2 Å². The molecule has 1 rings (SSSR count). The van der Waals surface area contributed by atoms with Crippen LogP contribution in [-0.4, -0.2) is 31.8 Å². The SMILES string of the molecule is CCNC(C(=O)OC)c1ccc(OC)c(O)c1. The van der Waals surface area contributed by atoms with E-state index in [4.69, 9.17) is 9.47 Å². The van der Waals surface area contributed by atoms with Crippen molar-refractivity contribution in [1.82, 2.24) is 5.32 Å². The van der Waals surface area contributed by atoms with E-state index < -0.39 is 12.0 Å². The molecule has 0 aliphatic carbocycles. The molecule has 0 aromatic heterocycles. The van der Waals surface area contributed by atoms with E-state index in [1.54, 1.807) is 12.1 Å². The molecule has 0 radical (unpaired) electrons. The molecule has 2 N–H and O–H groups in total. The molecule has 0 saturated heterocycles. The summed E-state index contributed by atoms with van der Waals surface area (Å²) in [4.78, 5) is 11.6. The van der Waals surface area contributed by atoms with Gasteiger partial charge in [0, 0.05) is 0 Å². The molecule has 5 heteroatoms. The Kier molecular flexibility index (Phi) is 4.78. The van der Waals surface area contributed by atoms with Crippen molar-refractivity contribution in [2.75, 3.05) is 20.8 Å². The number of rotatable bonds is 5. The molecule has 0 bridgehead atoms. The Labute approximate surface area is 100 Å². The summed E-state index contributed by atoms with van der Waals surface area (Å²) in [5, 5.41) is 12.6. The van der Waals surface area contributed by atoms with Gasteiger partial charge >= 0.3 is 5.97 Å². The van der Waals surface area contributed by atoms with Crippen molar-refractivity contribution < 1.29 is 19.4 Å². The summed E-state index contributed by atoms with van der Waals surface area (Å²) < 4.78 is 9.64. The summed E-state index contributed by atoms with van der Waals surface area (Å²) in [5.74, 6) is -0.0258. The van der Waals surface area contributed by atoms with Gasteiger partial charge in [-0.1, -0.05) is 13.0 Å². The third-order valence-corrected chi connectivity index (χ3v) is 2.38. The van der Waals surface area contributed by atoms with E-state index in [2.05, 4.69) is 5.32 Å². The third-order valence-electron chi connectivity index (χ3n) is 2.38. The molecule has 0 amide bonds. The number of nitrogens with one attached hydrogen (secondary N) is 1. The lowest BCUT2D eigenvalue weighted by Crippen LogP contribution is -2.29. The molecule has 94 valence electrons. The summed E-state index contributed by atoms with van der Waals surface area (Å²) in [6.45, 7) is 2.51. The number of phenolic OH excluding ortho intramolecular Hbond substituents is 1. The molecule has 0 heterocycles. The fourth-order valence-corrected chi connectivity index (χ4v) is 1.55. The summed E-state index contributed by atoms with van der Waals surface area (Å²) in [6, 6.07) is 4.23. The smallest absolute Gasteiger partial charge is 0.327 e. The zero-order valence-corrected chi connectivity index (χ0v) is 10.2. The summed E-state index contributed by atoms with van der Waals surface area (Å²) in [5.41, 5.74) is 0.636. The van der Waals surface area contributed by atoms with Gasteiger partial charge < -0.3 is 19.9 Å². The number of esters is 1. The van der Waals surface area contributed by atoms with Crippen LogP contribution in [0.2, 0.25) is 0 Å². The van der Waals surface area contributed by atoms with Crippen LogP contribution in [-0.2, 0) is 9.53 Å². The van der Waals surface area contributed by atoms with Crippen LogP contribution in [0.1, 0.15) is 18.5 Å². The maximum absolute atomic E-state index is 11.6. The minimum absolute atomic E-state index is 0.00296. The topological polar surface area (TPSA) is 67.8 Å². The van der Waals surface area contributed by atoms with Gasteiger partial charge in [-0.15, -0.1) is 0 Å². The maximum atomic E-state index is 11.6. The highest BCUT2D eigenvalue weighted by Crippen LogP contribution is 2.29. The molecular weight excluding hydrogens is 222 g/mol. The minimum atomic E-state index is -0.582. The van der Waals surface area contributed by atoms with E-state index in [1.807, 2.05) is 6.92 Å². The Morgan fingerprint density at radius 2 is 2.18 bits per heavy atom. The van der Waals surface area contributed by atoms with E-state index in [1.165, 1.54) is 20.3 Å². The number of methoxy groups -OCH3 is 2. The van der Waals surface area contributed by atoms with Gasteiger partial charge in [0.1, 0.15) is 6.04 Å². The van der Waals surface area contributed by atoms with E-state index in [0.717, 1.165) is 0 Å². The standard InChI is InChI=1S/C12H17NO4/c1-4-13-11(12(15)17-3)8-5-6-10(16-2)9(14)7-8/h5-7,11,13-14H,4H2,1-3H3. The fraction of sp³-hybridized carbons (Fsp3) is 0.417. The molecule has 0 fully saturated rings. The minimum Gasteiger partial charge on any atom is -0.504 e. The van der Waals surface area contributed by atoms with Crippen LogP contribution in [0.4, 0.5) is 0 Å². The molecule has 0 aliphatic rings. The van der Waals surface area contributed by atoms with E-state index >= 15 is 0 Å². The number of hydrogen-bond donors (Lipinski definition) is 2. The number of hydrogen-bond acceptors (Lipinski definition) is 5. The molecule has 17 heavy (non-hydrogen) atoms. The van der Waals surface area contributed by atoms with Crippen molar-refractivity contribution in [3.05, 3.63) is 23.8 Å². The first-order valence-electron chi connectivity index (χ1n) is 5.32. The van der Waals surface area contributed by atoms with Crippen LogP contribution < -0.4 is 10.1 Å². The molecule has 1 aromatic rings. The Morgan fingerprint density at radius 1 is 1.47 bits per heavy atom. The highest BCUT2D eigenvalue weighted by atomic mass is 16.5. The van der Waals surface area contributed by atoms with Crippen molar-refractivity contribution in [2.45, 2.75) is 13.0 Å². The highest BCUT2D eigenvalue weighted by Gasteiger charge is 2.21. The average Bonchev–Trinajstić information content (AvgIpc) is 2.35. The monoisotopic (exact) mass is 239 g/mol. The Morgan fingerprint density at radius 3 is 2.65 bits per heavy atom. The van der Waals surface area contributed by atoms with Crippen molar-refractivity contribution >= 4 is 5.97 Å². The second kappa shape index (κ2) is 6.10. The third kappa shape index (κ3) is 3.10. The number of ether oxygens (including phenoxy) is 2. The molecular formula is C12H17NO4. The first-order valence-corrected chi connectivity index (χ1v) is 5.32. The van der Waals surface area contributed by atoms with Gasteiger partial charge in [0.05, 0.1) is 14.2 Å². The van der Waals surface area contributed by atoms with Crippen LogP contribution in [0.5, 0.6) is 11.5 Å². The number of likely N-dealkylation sites (N-methyl/N-ethyl adjacent to an activating group) is 1. The predicted octanol–water partition coefficient (Wildman–Crippen LogP) is 1.22. The average molecular weight is 239 g/mol. The van der Waals surface area contributed by atoms with Gasteiger partial charge in [-0.2, -0.15) is 0 Å². The normalized spacial score (nSPS) is 11.9. The lowest BCUT2D eigenvalue weighted by Gasteiger charge is -2.16. The predicted molar refractivity (Wildman–Crippen MR) is 63.1 cm³/mol. The van der Waals surface area contributed by atoms with Gasteiger partial charge in [0.2, 0.25) is 0 Å². The largest absolute Gasteiger partial charge is 0.504 e. The van der Waals surface area contributed by atoms with Crippen molar-refractivity contribution in [3.63, 3.8) is 0 Å². The zero-order valence-electron chi connectivity index (χ0n) is 10.2. The quantitative estimate of drug-likeness (QED) is 0.756. The molecule has 1 atom stereocenters. The van der Waals surface area contributed by atoms with Gasteiger partial charge in [0.15, 0.2) is 11.5 Å². The van der Waals surface area contributed by atoms with Crippen LogP contribution in [0.3, 0.4) is 0 Å². The summed E-state index contributed by atoms with van der Waals surface area (Å²) in [6.07, 6.45) is 0. The number of benzene rings is 1. The number of phenols is 1. The van der Waals surface area contributed by atoms with Crippen molar-refractivity contribution in [2.24, 2.45) is 0 Å². The van der Waals surface area contributed by atoms with Crippen molar-refractivity contribution in [3.8, 4) is 11.5 Å². The highest BCUT2D eigenvalue weighted by molar-refractivity contribution is 5.77. The Hall–Kier alpha value is -1.75. The second-order valence-corrected chi connectivity index (χ2v) is 3.45. The van der Waals surface area contributed by atoms with E-state index in [9.17, 15) is 9.90 Å². The van der Waals surface area contributed by atoms with E-state index in [-0.39, 0.29) is 5.75 Å². The molecule has 0 aliphatic heterocycles. The number of carbonyl (C=O) groups excluding carboxylic acids is 1. The fourth-order valence-electron chi connectivity index (χ4n) is 1.55. The Bertz CT molecular complexity index is 392. The van der Waals surface area contributed by atoms with Crippen LogP contribution in [0.25, 0.3) is 0 Å². The first-order chi connectivity index (χ1) is 8.13. The summed E-state index contributed by atoms with van der Waals surface area (Å²) in [7, 11) is 2.80. The molecule has 5 nitrogen and oxygen atoms in total. The van der Waals surface area contributed by atoms with Gasteiger partial charge in [-0.25, -0.2) is 4.79 Å². The molecule has 1 unspecified atom stereocenters. The van der Waals surface area contributed by atoms with Crippen molar-refractivity contribution in [1.29, 1.82) is 0 Å². The first kappa shape index (κ1) is 13.3. The Balaban J connectivity index is 3.02. The maximum Gasteiger partial charge on any atom is 0.327 e. The number of aromatic hydroxyl groups is 1. The zero-order chi connectivity index (χ0) is 12.8. The van der Waals surface area contributed by atoms with E-state index in [0.29, 0.717) is 17.9 Å². The second-order valence-electron chi connectivity index (χ2n) is 3.45. The lowest BCUT2D eigenvalue weighted by atomic mass is 10.1. The molecule has 0 saturated carbocycles. The van der Waals surface area contributed by atoms with Gasteiger partial charge in [0.25, 0.3) is 0 Å². The van der Waals surface area contributed by atoms with Crippen LogP contribution >= 0.6 is 0 Å². The number of carbonyl (C=O) groups is 1. The van der Waals surface area contributed by atoms with Crippen LogP contribution in [0.15, 0.2) is 18.2 Å².